The van der Waals surface area contributed by atoms with Crippen LogP contribution in [0.3, 0.4) is 0 Å². The first-order valence-corrected chi connectivity index (χ1v) is 5.91. The molecule has 9 nitrogen and oxygen atoms in total. The summed E-state index contributed by atoms with van der Waals surface area (Å²) < 4.78 is 15.1. The van der Waals surface area contributed by atoms with E-state index in [1.807, 2.05) is 0 Å². The standard InChI is InChI=1S/C12H16N2O7/c1-5-21-13-12(15)7-6-8(18-2)10(19-3)11(20-4)9(7)14(16)17/h6H,5H2,1-4H3,(H,13,15). The number of hydrogen-bond donors (Lipinski definition) is 1. The Morgan fingerprint density at radius 2 is 1.86 bits per heavy atom. The van der Waals surface area contributed by atoms with Crippen molar-refractivity contribution >= 4 is 11.6 Å². The molecule has 0 aliphatic carbocycles. The number of ether oxygens (including phenoxy) is 3. The normalized spacial score (nSPS) is 9.90. The van der Waals surface area contributed by atoms with Gasteiger partial charge in [-0.05, 0) is 6.92 Å². The fraction of sp³-hybridized carbons (Fsp3) is 0.417. The third-order valence-electron chi connectivity index (χ3n) is 2.54. The van der Waals surface area contributed by atoms with Crippen molar-refractivity contribution in [2.45, 2.75) is 6.92 Å². The molecule has 0 atom stereocenters. The van der Waals surface area contributed by atoms with Gasteiger partial charge in [-0.3, -0.25) is 19.7 Å². The molecule has 0 aromatic heterocycles. The molecule has 0 spiro atoms. The number of nitrogens with one attached hydrogen (secondary N) is 1. The van der Waals surface area contributed by atoms with Gasteiger partial charge in [-0.15, -0.1) is 0 Å². The molecule has 9 heteroatoms. The van der Waals surface area contributed by atoms with Gasteiger partial charge < -0.3 is 14.2 Å². The highest BCUT2D eigenvalue weighted by atomic mass is 16.7. The van der Waals surface area contributed by atoms with Crippen molar-refractivity contribution < 1.29 is 28.8 Å². The van der Waals surface area contributed by atoms with E-state index in [-0.39, 0.29) is 29.4 Å². The van der Waals surface area contributed by atoms with Gasteiger partial charge in [0.2, 0.25) is 11.5 Å². The van der Waals surface area contributed by atoms with Crippen LogP contribution in [0.5, 0.6) is 17.2 Å². The first-order chi connectivity index (χ1) is 10.0. The summed E-state index contributed by atoms with van der Waals surface area (Å²) in [6.07, 6.45) is 0. The van der Waals surface area contributed by atoms with Gasteiger partial charge in [0, 0.05) is 6.07 Å². The van der Waals surface area contributed by atoms with E-state index in [4.69, 9.17) is 19.0 Å². The molecule has 21 heavy (non-hydrogen) atoms. The minimum absolute atomic E-state index is 0.0275. The lowest BCUT2D eigenvalue weighted by atomic mass is 10.1. The monoisotopic (exact) mass is 300 g/mol. The Morgan fingerprint density at radius 1 is 1.24 bits per heavy atom. The molecule has 0 saturated heterocycles. The molecule has 1 rings (SSSR count). The fourth-order valence-corrected chi connectivity index (χ4v) is 1.69. The van der Waals surface area contributed by atoms with Crippen molar-refractivity contribution in [2.24, 2.45) is 0 Å². The zero-order valence-electron chi connectivity index (χ0n) is 12.1. The molecule has 0 aliphatic rings. The number of nitro groups is 1. The Hall–Kier alpha value is -2.55. The van der Waals surface area contributed by atoms with Gasteiger partial charge >= 0.3 is 5.69 Å². The van der Waals surface area contributed by atoms with E-state index in [1.165, 1.54) is 27.4 Å². The first-order valence-electron chi connectivity index (χ1n) is 5.91. The van der Waals surface area contributed by atoms with Crippen molar-refractivity contribution in [3.63, 3.8) is 0 Å². The van der Waals surface area contributed by atoms with Gasteiger partial charge in [0.1, 0.15) is 5.56 Å². The smallest absolute Gasteiger partial charge is 0.327 e. The number of amides is 1. The van der Waals surface area contributed by atoms with Crippen LogP contribution in [0.15, 0.2) is 6.07 Å². The quantitative estimate of drug-likeness (QED) is 0.597. The molecule has 0 fully saturated rings. The van der Waals surface area contributed by atoms with Gasteiger partial charge in [0.15, 0.2) is 5.75 Å². The number of nitro benzene ring substituents is 1. The Labute approximate surface area is 120 Å². The average Bonchev–Trinajstić information content (AvgIpc) is 2.49. The summed E-state index contributed by atoms with van der Waals surface area (Å²) in [6.45, 7) is 1.87. The van der Waals surface area contributed by atoms with Gasteiger partial charge in [-0.25, -0.2) is 5.48 Å². The summed E-state index contributed by atoms with van der Waals surface area (Å²) in [5, 5.41) is 11.3. The third kappa shape index (κ3) is 3.31. The van der Waals surface area contributed by atoms with E-state index in [0.717, 1.165) is 0 Å². The summed E-state index contributed by atoms with van der Waals surface area (Å²) in [4.78, 5) is 27.2. The highest BCUT2D eigenvalue weighted by molar-refractivity contribution is 6.00. The second-order valence-corrected chi connectivity index (χ2v) is 3.66. The number of rotatable bonds is 7. The molecule has 116 valence electrons. The summed E-state index contributed by atoms with van der Waals surface area (Å²) >= 11 is 0. The average molecular weight is 300 g/mol. The van der Waals surface area contributed by atoms with Gasteiger partial charge in [-0.1, -0.05) is 0 Å². The van der Waals surface area contributed by atoms with Crippen LogP contribution in [0, 0.1) is 10.1 Å². The highest BCUT2D eigenvalue weighted by Crippen LogP contribution is 2.46. The zero-order chi connectivity index (χ0) is 16.0. The summed E-state index contributed by atoms with van der Waals surface area (Å²) in [5.41, 5.74) is 1.29. The van der Waals surface area contributed by atoms with Gasteiger partial charge in [-0.2, -0.15) is 0 Å². The van der Waals surface area contributed by atoms with Crippen LogP contribution < -0.4 is 19.7 Å². The highest BCUT2D eigenvalue weighted by Gasteiger charge is 2.32. The van der Waals surface area contributed by atoms with E-state index in [2.05, 4.69) is 5.48 Å². The number of methoxy groups -OCH3 is 3. The van der Waals surface area contributed by atoms with Crippen molar-refractivity contribution in [1.82, 2.24) is 5.48 Å². The lowest BCUT2D eigenvalue weighted by Crippen LogP contribution is -2.24. The SMILES string of the molecule is CCONC(=O)c1cc(OC)c(OC)c(OC)c1[N+](=O)[O-]. The summed E-state index contributed by atoms with van der Waals surface area (Å²) in [6, 6.07) is 1.19. The van der Waals surface area contributed by atoms with E-state index in [1.54, 1.807) is 6.92 Å². The van der Waals surface area contributed by atoms with E-state index < -0.39 is 16.5 Å². The van der Waals surface area contributed by atoms with E-state index in [0.29, 0.717) is 0 Å². The molecule has 0 bridgehead atoms. The van der Waals surface area contributed by atoms with Crippen molar-refractivity contribution in [2.75, 3.05) is 27.9 Å². The number of carbonyl (C=O) groups is 1. The van der Waals surface area contributed by atoms with Crippen LogP contribution in [0.25, 0.3) is 0 Å². The minimum atomic E-state index is -0.789. The lowest BCUT2D eigenvalue weighted by Gasteiger charge is -2.14. The van der Waals surface area contributed by atoms with Gasteiger partial charge in [0.25, 0.3) is 5.91 Å². The molecule has 1 aromatic rings. The van der Waals surface area contributed by atoms with Crippen LogP contribution in [0.4, 0.5) is 5.69 Å². The molecule has 1 amide bonds. The number of hydroxylamine groups is 1. The Morgan fingerprint density at radius 3 is 2.29 bits per heavy atom. The molecule has 0 unspecified atom stereocenters. The van der Waals surface area contributed by atoms with Gasteiger partial charge in [0.05, 0.1) is 32.9 Å². The Kier molecular flexibility index (Phi) is 5.73. The predicted molar refractivity (Wildman–Crippen MR) is 71.8 cm³/mol. The molecule has 1 N–H and O–H groups in total. The topological polar surface area (TPSA) is 109 Å². The Bertz CT molecular complexity index is 545. The first kappa shape index (κ1) is 16.5. The number of benzene rings is 1. The van der Waals surface area contributed by atoms with E-state index in [9.17, 15) is 14.9 Å². The van der Waals surface area contributed by atoms with Crippen LogP contribution in [-0.2, 0) is 4.84 Å². The maximum Gasteiger partial charge on any atom is 0.327 e. The largest absolute Gasteiger partial charge is 0.493 e. The molecular weight excluding hydrogens is 284 g/mol. The maximum atomic E-state index is 12.0. The van der Waals surface area contributed by atoms with Crippen molar-refractivity contribution in [3.8, 4) is 17.2 Å². The molecule has 0 heterocycles. The van der Waals surface area contributed by atoms with E-state index >= 15 is 0 Å². The van der Waals surface area contributed by atoms with Crippen LogP contribution in [0.2, 0.25) is 0 Å². The number of hydrogen-bond acceptors (Lipinski definition) is 7. The van der Waals surface area contributed by atoms with Crippen LogP contribution in [-0.4, -0.2) is 38.8 Å². The number of nitrogens with zero attached hydrogens (tertiary/aromatic N) is 1. The van der Waals surface area contributed by atoms with Crippen LogP contribution in [0.1, 0.15) is 17.3 Å². The number of carbonyl (C=O) groups excluding carboxylic acids is 1. The summed E-state index contributed by atoms with van der Waals surface area (Å²) in [7, 11) is 3.88. The fourth-order valence-electron chi connectivity index (χ4n) is 1.69. The summed E-state index contributed by atoms with van der Waals surface area (Å²) in [5.74, 6) is -0.840. The molecular formula is C12H16N2O7. The minimum Gasteiger partial charge on any atom is -0.493 e. The predicted octanol–water partition coefficient (Wildman–Crippen LogP) is 1.30. The lowest BCUT2D eigenvalue weighted by molar-refractivity contribution is -0.386. The second-order valence-electron chi connectivity index (χ2n) is 3.66. The molecule has 0 radical (unpaired) electrons. The third-order valence-corrected chi connectivity index (χ3v) is 2.54. The Balaban J connectivity index is 3.54. The zero-order valence-corrected chi connectivity index (χ0v) is 12.1. The molecule has 0 saturated carbocycles. The molecule has 0 aliphatic heterocycles. The van der Waals surface area contributed by atoms with Crippen molar-refractivity contribution in [1.29, 1.82) is 0 Å². The van der Waals surface area contributed by atoms with Crippen molar-refractivity contribution in [3.05, 3.63) is 21.7 Å². The van der Waals surface area contributed by atoms with Crippen LogP contribution >= 0.6 is 0 Å². The molecule has 1 aromatic carbocycles. The second kappa shape index (κ2) is 7.29. The maximum absolute atomic E-state index is 12.0.